The van der Waals surface area contributed by atoms with E-state index in [1.807, 2.05) is 24.3 Å². The number of amides is 1. The summed E-state index contributed by atoms with van der Waals surface area (Å²) in [6, 6.07) is 15.6. The summed E-state index contributed by atoms with van der Waals surface area (Å²) in [4.78, 5) is 11.7. The summed E-state index contributed by atoms with van der Waals surface area (Å²) < 4.78 is 0.820. The first-order valence-electron chi connectivity index (χ1n) is 5.93. The standard InChI is InChI=1S/C15H12BrN3O/c16-12-7-3-4-8-13(12)19-14(15(18)20)11-6-2-1-5-10(11)9-17/h1-8,14,19H,(H2,18,20). The lowest BCUT2D eigenvalue weighted by atomic mass is 10.0. The average molecular weight is 330 g/mol. The largest absolute Gasteiger partial charge is 0.369 e. The number of nitriles is 1. The van der Waals surface area contributed by atoms with Crippen LogP contribution >= 0.6 is 15.9 Å². The molecular weight excluding hydrogens is 318 g/mol. The monoisotopic (exact) mass is 329 g/mol. The van der Waals surface area contributed by atoms with Crippen LogP contribution in [0.15, 0.2) is 53.0 Å². The molecule has 0 bridgehead atoms. The molecule has 0 aliphatic rings. The second kappa shape index (κ2) is 6.22. The van der Waals surface area contributed by atoms with Crippen LogP contribution in [0.5, 0.6) is 0 Å². The molecule has 0 aliphatic carbocycles. The van der Waals surface area contributed by atoms with Crippen LogP contribution < -0.4 is 11.1 Å². The fourth-order valence-electron chi connectivity index (χ4n) is 1.89. The van der Waals surface area contributed by atoms with Crippen molar-refractivity contribution in [3.63, 3.8) is 0 Å². The molecule has 1 amide bonds. The molecule has 0 saturated carbocycles. The van der Waals surface area contributed by atoms with Crippen LogP contribution in [0.2, 0.25) is 0 Å². The van der Waals surface area contributed by atoms with E-state index < -0.39 is 11.9 Å². The first-order valence-corrected chi connectivity index (χ1v) is 6.72. The SMILES string of the molecule is N#Cc1ccccc1C(Nc1ccccc1Br)C(N)=O. The fourth-order valence-corrected chi connectivity index (χ4v) is 2.29. The normalized spacial score (nSPS) is 11.4. The van der Waals surface area contributed by atoms with Crippen LogP contribution in [0.25, 0.3) is 0 Å². The van der Waals surface area contributed by atoms with Gasteiger partial charge in [-0.15, -0.1) is 0 Å². The summed E-state index contributed by atoms with van der Waals surface area (Å²) in [6.07, 6.45) is 0. The lowest BCUT2D eigenvalue weighted by molar-refractivity contribution is -0.118. The number of nitrogens with one attached hydrogen (secondary N) is 1. The van der Waals surface area contributed by atoms with Crippen molar-refractivity contribution in [2.45, 2.75) is 6.04 Å². The highest BCUT2D eigenvalue weighted by Crippen LogP contribution is 2.27. The molecule has 0 heterocycles. The number of halogens is 1. The van der Waals surface area contributed by atoms with Crippen molar-refractivity contribution in [2.75, 3.05) is 5.32 Å². The van der Waals surface area contributed by atoms with Crippen LogP contribution in [-0.4, -0.2) is 5.91 Å². The third-order valence-corrected chi connectivity index (χ3v) is 3.54. The van der Waals surface area contributed by atoms with Crippen LogP contribution in [0.3, 0.4) is 0 Å². The maximum atomic E-state index is 11.7. The topological polar surface area (TPSA) is 78.9 Å². The molecule has 0 fully saturated rings. The minimum absolute atomic E-state index is 0.427. The number of rotatable bonds is 4. The van der Waals surface area contributed by atoms with Crippen molar-refractivity contribution in [2.24, 2.45) is 5.73 Å². The van der Waals surface area contributed by atoms with Gasteiger partial charge in [0, 0.05) is 15.7 Å². The predicted molar refractivity (Wildman–Crippen MR) is 80.9 cm³/mol. The van der Waals surface area contributed by atoms with E-state index in [0.29, 0.717) is 11.1 Å². The highest BCUT2D eigenvalue weighted by Gasteiger charge is 2.21. The Hall–Kier alpha value is -2.32. The smallest absolute Gasteiger partial charge is 0.244 e. The number of para-hydroxylation sites is 1. The maximum Gasteiger partial charge on any atom is 0.244 e. The van der Waals surface area contributed by atoms with E-state index in [-0.39, 0.29) is 0 Å². The first kappa shape index (κ1) is 14.1. The molecule has 0 aliphatic heterocycles. The van der Waals surface area contributed by atoms with Gasteiger partial charge in [-0.2, -0.15) is 5.26 Å². The number of primary amides is 1. The Kier molecular flexibility index (Phi) is 4.38. The van der Waals surface area contributed by atoms with Gasteiger partial charge in [0.05, 0.1) is 11.6 Å². The van der Waals surface area contributed by atoms with Gasteiger partial charge in [0.15, 0.2) is 0 Å². The number of nitrogens with two attached hydrogens (primary N) is 1. The van der Waals surface area contributed by atoms with Gasteiger partial charge in [-0.3, -0.25) is 4.79 Å². The molecular formula is C15H12BrN3O. The molecule has 0 spiro atoms. The quantitative estimate of drug-likeness (QED) is 0.904. The summed E-state index contributed by atoms with van der Waals surface area (Å²) in [5, 5.41) is 12.2. The van der Waals surface area contributed by atoms with Crippen LogP contribution in [0.1, 0.15) is 17.2 Å². The summed E-state index contributed by atoms with van der Waals surface area (Å²) in [5.74, 6) is -0.538. The van der Waals surface area contributed by atoms with E-state index in [2.05, 4.69) is 27.3 Å². The predicted octanol–water partition coefficient (Wildman–Crippen LogP) is 2.96. The zero-order chi connectivity index (χ0) is 14.5. The van der Waals surface area contributed by atoms with E-state index >= 15 is 0 Å². The van der Waals surface area contributed by atoms with Crippen molar-refractivity contribution in [3.8, 4) is 6.07 Å². The Morgan fingerprint density at radius 1 is 1.20 bits per heavy atom. The van der Waals surface area contributed by atoms with Gasteiger partial charge in [0.1, 0.15) is 6.04 Å². The molecule has 5 heteroatoms. The molecule has 0 saturated heterocycles. The zero-order valence-electron chi connectivity index (χ0n) is 10.5. The number of nitrogens with zero attached hydrogens (tertiary/aromatic N) is 1. The van der Waals surface area contributed by atoms with Gasteiger partial charge in [0.2, 0.25) is 5.91 Å². The van der Waals surface area contributed by atoms with Gasteiger partial charge in [-0.05, 0) is 34.1 Å². The number of benzene rings is 2. The van der Waals surface area contributed by atoms with Crippen LogP contribution in [0, 0.1) is 11.3 Å². The number of carbonyl (C=O) groups excluding carboxylic acids is 1. The summed E-state index contributed by atoms with van der Waals surface area (Å²) in [7, 11) is 0. The molecule has 2 rings (SSSR count). The minimum atomic E-state index is -0.760. The molecule has 4 nitrogen and oxygen atoms in total. The second-order valence-electron chi connectivity index (χ2n) is 4.16. The lowest BCUT2D eigenvalue weighted by Crippen LogP contribution is -2.28. The Bertz CT molecular complexity index is 679. The minimum Gasteiger partial charge on any atom is -0.369 e. The molecule has 100 valence electrons. The zero-order valence-corrected chi connectivity index (χ0v) is 12.1. The number of hydrogen-bond donors (Lipinski definition) is 2. The molecule has 2 aromatic carbocycles. The van der Waals surface area contributed by atoms with Crippen molar-refractivity contribution in [1.82, 2.24) is 0 Å². The van der Waals surface area contributed by atoms with E-state index in [4.69, 9.17) is 11.0 Å². The fraction of sp³-hybridized carbons (Fsp3) is 0.0667. The maximum absolute atomic E-state index is 11.7. The Balaban J connectivity index is 2.41. The number of anilines is 1. The molecule has 1 atom stereocenters. The third-order valence-electron chi connectivity index (χ3n) is 2.85. The van der Waals surface area contributed by atoms with Crippen molar-refractivity contribution in [3.05, 3.63) is 64.1 Å². The van der Waals surface area contributed by atoms with E-state index in [1.54, 1.807) is 24.3 Å². The average Bonchev–Trinajstić information content (AvgIpc) is 2.46. The number of hydrogen-bond acceptors (Lipinski definition) is 3. The first-order chi connectivity index (χ1) is 9.63. The van der Waals surface area contributed by atoms with E-state index in [1.165, 1.54) is 0 Å². The van der Waals surface area contributed by atoms with Gasteiger partial charge in [0.25, 0.3) is 0 Å². The van der Waals surface area contributed by atoms with Crippen molar-refractivity contribution >= 4 is 27.5 Å². The summed E-state index contributed by atoms with van der Waals surface area (Å²) in [6.45, 7) is 0. The van der Waals surface area contributed by atoms with E-state index in [0.717, 1.165) is 10.2 Å². The van der Waals surface area contributed by atoms with E-state index in [9.17, 15) is 4.79 Å². The molecule has 0 radical (unpaired) electrons. The van der Waals surface area contributed by atoms with Crippen molar-refractivity contribution < 1.29 is 4.79 Å². The van der Waals surface area contributed by atoms with Gasteiger partial charge in [-0.1, -0.05) is 30.3 Å². The Morgan fingerprint density at radius 2 is 1.85 bits per heavy atom. The Morgan fingerprint density at radius 3 is 2.50 bits per heavy atom. The molecule has 0 aromatic heterocycles. The highest BCUT2D eigenvalue weighted by molar-refractivity contribution is 9.10. The third kappa shape index (κ3) is 2.98. The summed E-state index contributed by atoms with van der Waals surface area (Å²) in [5.41, 5.74) is 7.20. The second-order valence-corrected chi connectivity index (χ2v) is 5.01. The molecule has 2 aromatic rings. The van der Waals surface area contributed by atoms with Crippen LogP contribution in [-0.2, 0) is 4.79 Å². The molecule has 3 N–H and O–H groups in total. The Labute approximate surface area is 125 Å². The molecule has 20 heavy (non-hydrogen) atoms. The van der Waals surface area contributed by atoms with Gasteiger partial charge < -0.3 is 11.1 Å². The highest BCUT2D eigenvalue weighted by atomic mass is 79.9. The van der Waals surface area contributed by atoms with Gasteiger partial charge in [-0.25, -0.2) is 0 Å². The van der Waals surface area contributed by atoms with Gasteiger partial charge >= 0.3 is 0 Å². The van der Waals surface area contributed by atoms with Crippen molar-refractivity contribution in [1.29, 1.82) is 5.26 Å². The lowest BCUT2D eigenvalue weighted by Gasteiger charge is -2.19. The summed E-state index contributed by atoms with van der Waals surface area (Å²) >= 11 is 3.40. The number of carbonyl (C=O) groups is 1. The van der Waals surface area contributed by atoms with Crippen LogP contribution in [0.4, 0.5) is 5.69 Å². The molecule has 1 unspecified atom stereocenters.